The number of aryl methyl sites for hydroxylation is 1. The quantitative estimate of drug-likeness (QED) is 0.863. The first-order valence-electron chi connectivity index (χ1n) is 5.27. The van der Waals surface area contributed by atoms with Crippen molar-refractivity contribution in [2.45, 2.75) is 25.6 Å². The van der Waals surface area contributed by atoms with Crippen LogP contribution in [0.5, 0.6) is 5.75 Å². The average molecular weight is 306 g/mol. The number of hydrogen-bond acceptors (Lipinski definition) is 2. The molecule has 0 saturated carbocycles. The molecule has 0 fully saturated rings. The van der Waals surface area contributed by atoms with Gasteiger partial charge >= 0.3 is 0 Å². The van der Waals surface area contributed by atoms with Crippen LogP contribution in [0, 0.1) is 12.8 Å². The van der Waals surface area contributed by atoms with Gasteiger partial charge in [-0.15, -0.1) is 0 Å². The van der Waals surface area contributed by atoms with E-state index in [4.69, 9.17) is 11.6 Å². The zero-order valence-electron chi connectivity index (χ0n) is 9.68. The molecule has 2 nitrogen and oxygen atoms in total. The molecule has 0 heterocycles. The van der Waals surface area contributed by atoms with Gasteiger partial charge in [-0.1, -0.05) is 47.1 Å². The first-order chi connectivity index (χ1) is 7.41. The third-order valence-corrected chi connectivity index (χ3v) is 4.06. The van der Waals surface area contributed by atoms with E-state index in [-0.39, 0.29) is 10.8 Å². The zero-order chi connectivity index (χ0) is 12.3. The molecule has 0 amide bonds. The summed E-state index contributed by atoms with van der Waals surface area (Å²) in [7, 11) is 0. The Labute approximate surface area is 110 Å². The second-order valence-corrected chi connectivity index (χ2v) is 5.85. The van der Waals surface area contributed by atoms with E-state index in [0.717, 1.165) is 5.56 Å². The Balaban J connectivity index is 2.74. The van der Waals surface area contributed by atoms with Crippen LogP contribution in [0.15, 0.2) is 12.1 Å². The number of benzene rings is 1. The molecule has 1 rings (SSSR count). The molecule has 1 atom stereocenters. The minimum absolute atomic E-state index is 0.129. The highest BCUT2D eigenvalue weighted by Crippen LogP contribution is 2.30. The highest BCUT2D eigenvalue weighted by Gasteiger charge is 2.09. The first kappa shape index (κ1) is 13.7. The van der Waals surface area contributed by atoms with E-state index in [1.54, 1.807) is 6.07 Å². The fourth-order valence-corrected chi connectivity index (χ4v) is 1.74. The van der Waals surface area contributed by atoms with Gasteiger partial charge < -0.3 is 10.4 Å². The van der Waals surface area contributed by atoms with Gasteiger partial charge in [0.15, 0.2) is 0 Å². The van der Waals surface area contributed by atoms with E-state index >= 15 is 0 Å². The summed E-state index contributed by atoms with van der Waals surface area (Å²) in [5.74, 6) is 0.388. The molecule has 1 N–H and O–H groups in total. The molecule has 90 valence electrons. The Morgan fingerprint density at radius 1 is 1.44 bits per heavy atom. The lowest BCUT2D eigenvalue weighted by atomic mass is 10.1. The van der Waals surface area contributed by atoms with Crippen LogP contribution < -0.4 is 10.4 Å². The summed E-state index contributed by atoms with van der Waals surface area (Å²) >= 11 is 9.40. The summed E-state index contributed by atoms with van der Waals surface area (Å²) in [6.45, 7) is 6.89. The van der Waals surface area contributed by atoms with E-state index in [0.29, 0.717) is 23.0 Å². The molecule has 1 aromatic carbocycles. The zero-order valence-corrected chi connectivity index (χ0v) is 12.0. The Bertz CT molecular complexity index is 368. The van der Waals surface area contributed by atoms with Crippen molar-refractivity contribution in [3.8, 4) is 5.75 Å². The molecule has 0 aliphatic heterocycles. The number of anilines is 1. The molecule has 0 aliphatic carbocycles. The number of rotatable bonds is 4. The number of halogens is 2. The van der Waals surface area contributed by atoms with Crippen molar-refractivity contribution in [2.24, 2.45) is 5.92 Å². The lowest BCUT2D eigenvalue weighted by molar-refractivity contribution is -0.266. The van der Waals surface area contributed by atoms with Crippen molar-refractivity contribution in [3.05, 3.63) is 22.7 Å². The monoisotopic (exact) mass is 304 g/mol. The van der Waals surface area contributed by atoms with Crippen LogP contribution in [0.2, 0.25) is 5.02 Å². The van der Waals surface area contributed by atoms with Gasteiger partial charge in [0.25, 0.3) is 0 Å². The predicted molar refractivity (Wildman–Crippen MR) is 71.7 cm³/mol. The Hall–Kier alpha value is -0.410. The fraction of sp³-hybridized carbons (Fsp3) is 0.500. The van der Waals surface area contributed by atoms with Crippen LogP contribution in [0.1, 0.15) is 19.4 Å². The third kappa shape index (κ3) is 3.56. The molecule has 0 aliphatic rings. The van der Waals surface area contributed by atoms with Crippen molar-refractivity contribution < 1.29 is 5.11 Å². The maximum atomic E-state index is 11.7. The molecule has 0 radical (unpaired) electrons. The third-order valence-electron chi connectivity index (χ3n) is 2.40. The van der Waals surface area contributed by atoms with E-state index < -0.39 is 0 Å². The predicted octanol–water partition coefficient (Wildman–Crippen LogP) is 3.55. The summed E-state index contributed by atoms with van der Waals surface area (Å²) < 4.78 is 0. The Morgan fingerprint density at radius 3 is 2.62 bits per heavy atom. The van der Waals surface area contributed by atoms with Crippen molar-refractivity contribution in [2.75, 3.05) is 11.9 Å². The molecule has 0 spiro atoms. The topological polar surface area (TPSA) is 35.1 Å². The summed E-state index contributed by atoms with van der Waals surface area (Å²) in [5.41, 5.74) is 1.57. The van der Waals surface area contributed by atoms with Crippen molar-refractivity contribution in [1.29, 1.82) is 0 Å². The molecular weight excluding hydrogens is 289 g/mol. The van der Waals surface area contributed by atoms with Crippen LogP contribution in [-0.4, -0.2) is 11.4 Å². The van der Waals surface area contributed by atoms with Crippen molar-refractivity contribution in [1.82, 2.24) is 0 Å². The first-order valence-corrected chi connectivity index (χ1v) is 6.56. The maximum Gasteiger partial charge on any atom is 0.0350 e. The second-order valence-electron chi connectivity index (χ2n) is 4.26. The van der Waals surface area contributed by atoms with Gasteiger partial charge in [-0.2, -0.15) is 0 Å². The molecular formula is C12H16BrClNO-. The molecule has 0 bridgehead atoms. The second kappa shape index (κ2) is 5.78. The highest BCUT2D eigenvalue weighted by atomic mass is 79.9. The Kier molecular flexibility index (Phi) is 4.93. The van der Waals surface area contributed by atoms with Gasteiger partial charge in [-0.25, -0.2) is 0 Å². The normalized spacial score (nSPS) is 12.9. The molecule has 0 unspecified atom stereocenters. The van der Waals surface area contributed by atoms with E-state index in [2.05, 4.69) is 35.1 Å². The molecule has 0 aromatic heterocycles. The van der Waals surface area contributed by atoms with Crippen LogP contribution in [-0.2, 0) is 0 Å². The molecule has 0 saturated heterocycles. The van der Waals surface area contributed by atoms with Gasteiger partial charge in [-0.3, -0.25) is 0 Å². The highest BCUT2D eigenvalue weighted by molar-refractivity contribution is 9.09. The lowest BCUT2D eigenvalue weighted by Gasteiger charge is -2.21. The van der Waals surface area contributed by atoms with E-state index in [1.165, 1.54) is 0 Å². The van der Waals surface area contributed by atoms with Gasteiger partial charge in [0.05, 0.1) is 0 Å². The number of alkyl halides is 1. The summed E-state index contributed by atoms with van der Waals surface area (Å²) in [6.07, 6.45) is 0. The van der Waals surface area contributed by atoms with Crippen LogP contribution in [0.4, 0.5) is 5.69 Å². The minimum atomic E-state index is -0.129. The van der Waals surface area contributed by atoms with Gasteiger partial charge in [0.2, 0.25) is 0 Å². The molecule has 1 aromatic rings. The van der Waals surface area contributed by atoms with Crippen LogP contribution in [0.3, 0.4) is 0 Å². The smallest absolute Gasteiger partial charge is 0.0350 e. The maximum absolute atomic E-state index is 11.7. The molecule has 16 heavy (non-hydrogen) atoms. The van der Waals surface area contributed by atoms with Gasteiger partial charge in [0, 0.05) is 22.1 Å². The molecule has 4 heteroatoms. The Morgan fingerprint density at radius 2 is 2.06 bits per heavy atom. The standard InChI is InChI=1S/C12H17BrClNO/c1-7(2)9(13)6-15-11-5-8(3)4-10(14)12(11)16/h4-5,7,9,15-16H,6H2,1-3H3/p-1/t9-/m0/s1. The summed E-state index contributed by atoms with van der Waals surface area (Å²) in [5, 5.41) is 15.1. The summed E-state index contributed by atoms with van der Waals surface area (Å²) in [6, 6.07) is 3.51. The average Bonchev–Trinajstić information content (AvgIpc) is 2.20. The van der Waals surface area contributed by atoms with Crippen LogP contribution in [0.25, 0.3) is 0 Å². The minimum Gasteiger partial charge on any atom is -0.870 e. The summed E-state index contributed by atoms with van der Waals surface area (Å²) in [4.78, 5) is 0.339. The number of hydrogen-bond donors (Lipinski definition) is 1. The van der Waals surface area contributed by atoms with Crippen molar-refractivity contribution in [3.63, 3.8) is 0 Å². The van der Waals surface area contributed by atoms with Gasteiger partial charge in [-0.05, 0) is 30.5 Å². The van der Waals surface area contributed by atoms with Gasteiger partial charge in [0.1, 0.15) is 0 Å². The lowest BCUT2D eigenvalue weighted by Crippen LogP contribution is -2.19. The largest absolute Gasteiger partial charge is 0.870 e. The fourth-order valence-electron chi connectivity index (χ4n) is 1.30. The van der Waals surface area contributed by atoms with E-state index in [1.807, 2.05) is 13.0 Å². The SMILES string of the molecule is Cc1cc(Cl)c([O-])c(NC[C@H](Br)C(C)C)c1. The van der Waals surface area contributed by atoms with Crippen molar-refractivity contribution >= 4 is 33.2 Å². The van der Waals surface area contributed by atoms with Crippen LogP contribution >= 0.6 is 27.5 Å². The number of nitrogens with one attached hydrogen (secondary N) is 1. The van der Waals surface area contributed by atoms with E-state index in [9.17, 15) is 5.11 Å².